The Labute approximate surface area is 128 Å². The zero-order chi connectivity index (χ0) is 15.1. The van der Waals surface area contributed by atoms with Gasteiger partial charge in [-0.25, -0.2) is 0 Å². The van der Waals surface area contributed by atoms with Crippen molar-refractivity contribution in [2.75, 3.05) is 26.4 Å². The molecule has 1 aliphatic rings. The van der Waals surface area contributed by atoms with Crippen molar-refractivity contribution in [3.63, 3.8) is 0 Å². The van der Waals surface area contributed by atoms with Crippen LogP contribution in [0.5, 0.6) is 0 Å². The number of ether oxygens (including phenoxy) is 2. The molecule has 118 valence electrons. The number of nitrogens with one attached hydrogen (secondary N) is 1. The molecule has 4 heteroatoms. The van der Waals surface area contributed by atoms with Gasteiger partial charge in [0.2, 0.25) is 0 Å². The second-order valence-electron chi connectivity index (χ2n) is 5.79. The average Bonchev–Trinajstić information content (AvgIpc) is 2.49. The first-order valence-electron chi connectivity index (χ1n) is 8.08. The van der Waals surface area contributed by atoms with E-state index >= 15 is 0 Å². The molecule has 1 aromatic rings. The second-order valence-corrected chi connectivity index (χ2v) is 5.79. The summed E-state index contributed by atoms with van der Waals surface area (Å²) in [5.74, 6) is 0. The van der Waals surface area contributed by atoms with Crippen LogP contribution in [0.15, 0.2) is 18.5 Å². The quantitative estimate of drug-likeness (QED) is 0.839. The van der Waals surface area contributed by atoms with Gasteiger partial charge in [-0.3, -0.25) is 4.98 Å². The van der Waals surface area contributed by atoms with Gasteiger partial charge in [0, 0.05) is 45.1 Å². The Morgan fingerprint density at radius 3 is 2.71 bits per heavy atom. The summed E-state index contributed by atoms with van der Waals surface area (Å²) < 4.78 is 11.8. The van der Waals surface area contributed by atoms with Gasteiger partial charge < -0.3 is 14.8 Å². The van der Waals surface area contributed by atoms with E-state index in [0.717, 1.165) is 45.6 Å². The van der Waals surface area contributed by atoms with Crippen molar-refractivity contribution < 1.29 is 9.47 Å². The predicted molar refractivity (Wildman–Crippen MR) is 84.4 cm³/mol. The molecule has 0 bridgehead atoms. The number of pyridine rings is 1. The van der Waals surface area contributed by atoms with Crippen molar-refractivity contribution in [2.45, 2.75) is 51.7 Å². The summed E-state index contributed by atoms with van der Waals surface area (Å²) in [5, 5.41) is 3.69. The highest BCUT2D eigenvalue weighted by atomic mass is 16.5. The molecule has 1 aromatic heterocycles. The Kier molecular flexibility index (Phi) is 6.15. The van der Waals surface area contributed by atoms with Crippen molar-refractivity contribution >= 4 is 0 Å². The SMILES string of the molecule is CCCNC(c1cncc(C)c1)C1(OCC)CCOCC1. The van der Waals surface area contributed by atoms with Crippen molar-refractivity contribution in [3.8, 4) is 0 Å². The third-order valence-electron chi connectivity index (χ3n) is 4.12. The van der Waals surface area contributed by atoms with Gasteiger partial charge in [0.25, 0.3) is 0 Å². The highest BCUT2D eigenvalue weighted by Gasteiger charge is 2.42. The van der Waals surface area contributed by atoms with Crippen LogP contribution in [0.2, 0.25) is 0 Å². The monoisotopic (exact) mass is 292 g/mol. The lowest BCUT2D eigenvalue weighted by atomic mass is 9.82. The van der Waals surface area contributed by atoms with Crippen LogP contribution < -0.4 is 5.32 Å². The van der Waals surface area contributed by atoms with Gasteiger partial charge in [0.05, 0.1) is 11.6 Å². The van der Waals surface area contributed by atoms with Crippen LogP contribution >= 0.6 is 0 Å². The molecule has 0 saturated carbocycles. The summed E-state index contributed by atoms with van der Waals surface area (Å²) in [7, 11) is 0. The second kappa shape index (κ2) is 7.87. The zero-order valence-corrected chi connectivity index (χ0v) is 13.5. The summed E-state index contributed by atoms with van der Waals surface area (Å²) in [6.45, 7) is 9.59. The Morgan fingerprint density at radius 1 is 1.33 bits per heavy atom. The molecular formula is C17H28N2O2. The molecule has 1 aliphatic heterocycles. The smallest absolute Gasteiger partial charge is 0.0920 e. The van der Waals surface area contributed by atoms with Gasteiger partial charge >= 0.3 is 0 Å². The van der Waals surface area contributed by atoms with Gasteiger partial charge in [-0.05, 0) is 37.9 Å². The highest BCUT2D eigenvalue weighted by molar-refractivity contribution is 5.23. The number of rotatable bonds is 7. The molecule has 2 heterocycles. The standard InChI is InChI=1S/C17H28N2O2/c1-4-8-19-16(15-11-14(3)12-18-13-15)17(21-5-2)6-9-20-10-7-17/h11-13,16,19H,4-10H2,1-3H3. The maximum Gasteiger partial charge on any atom is 0.0920 e. The van der Waals surface area contributed by atoms with Crippen molar-refractivity contribution in [1.29, 1.82) is 0 Å². The zero-order valence-electron chi connectivity index (χ0n) is 13.5. The van der Waals surface area contributed by atoms with Gasteiger partial charge in [-0.1, -0.05) is 13.0 Å². The first kappa shape index (κ1) is 16.4. The first-order valence-corrected chi connectivity index (χ1v) is 8.08. The molecular weight excluding hydrogens is 264 g/mol. The van der Waals surface area contributed by atoms with Crippen molar-refractivity contribution in [2.24, 2.45) is 0 Å². The number of aryl methyl sites for hydroxylation is 1. The fourth-order valence-corrected chi connectivity index (χ4v) is 3.15. The van der Waals surface area contributed by atoms with Crippen molar-refractivity contribution in [3.05, 3.63) is 29.6 Å². The summed E-state index contributed by atoms with van der Waals surface area (Å²) in [5.41, 5.74) is 2.23. The molecule has 21 heavy (non-hydrogen) atoms. The molecule has 0 radical (unpaired) electrons. The molecule has 0 aromatic carbocycles. The number of aromatic nitrogens is 1. The molecule has 0 amide bonds. The Hall–Kier alpha value is -0.970. The van der Waals surface area contributed by atoms with E-state index in [-0.39, 0.29) is 11.6 Å². The van der Waals surface area contributed by atoms with E-state index in [1.165, 1.54) is 11.1 Å². The number of nitrogens with zero attached hydrogens (tertiary/aromatic N) is 1. The fourth-order valence-electron chi connectivity index (χ4n) is 3.15. The normalized spacial score (nSPS) is 19.4. The van der Waals surface area contributed by atoms with Crippen molar-refractivity contribution in [1.82, 2.24) is 10.3 Å². The van der Waals surface area contributed by atoms with E-state index in [2.05, 4.69) is 37.1 Å². The van der Waals surface area contributed by atoms with Gasteiger partial charge in [0.15, 0.2) is 0 Å². The fraction of sp³-hybridized carbons (Fsp3) is 0.706. The molecule has 0 aliphatic carbocycles. The van der Waals surface area contributed by atoms with E-state index in [0.29, 0.717) is 0 Å². The summed E-state index contributed by atoms with van der Waals surface area (Å²) >= 11 is 0. The van der Waals surface area contributed by atoms with Crippen LogP contribution in [0.25, 0.3) is 0 Å². The molecule has 1 unspecified atom stereocenters. The van der Waals surface area contributed by atoms with E-state index in [1.807, 2.05) is 12.4 Å². The third-order valence-corrected chi connectivity index (χ3v) is 4.12. The lowest BCUT2D eigenvalue weighted by Gasteiger charge is -2.43. The van der Waals surface area contributed by atoms with E-state index in [4.69, 9.17) is 9.47 Å². The van der Waals surface area contributed by atoms with E-state index in [1.54, 1.807) is 0 Å². The van der Waals surface area contributed by atoms with E-state index in [9.17, 15) is 0 Å². The lowest BCUT2D eigenvalue weighted by Crippen LogP contribution is -2.50. The molecule has 0 spiro atoms. The lowest BCUT2D eigenvalue weighted by molar-refractivity contribution is -0.128. The minimum absolute atomic E-state index is 0.175. The third kappa shape index (κ3) is 4.02. The van der Waals surface area contributed by atoms with Crippen LogP contribution in [0.4, 0.5) is 0 Å². The minimum Gasteiger partial charge on any atom is -0.381 e. The topological polar surface area (TPSA) is 43.4 Å². The van der Waals surface area contributed by atoms with Crippen LogP contribution in [0.1, 0.15) is 50.3 Å². The molecule has 1 fully saturated rings. The van der Waals surface area contributed by atoms with Crippen LogP contribution in [0.3, 0.4) is 0 Å². The number of hydrogen-bond acceptors (Lipinski definition) is 4. The molecule has 4 nitrogen and oxygen atoms in total. The Bertz CT molecular complexity index is 425. The molecule has 2 rings (SSSR count). The first-order chi connectivity index (χ1) is 10.2. The van der Waals surface area contributed by atoms with Gasteiger partial charge in [0.1, 0.15) is 0 Å². The average molecular weight is 292 g/mol. The van der Waals surface area contributed by atoms with Crippen LogP contribution in [-0.4, -0.2) is 37.0 Å². The van der Waals surface area contributed by atoms with Crippen LogP contribution in [-0.2, 0) is 9.47 Å². The molecule has 1 N–H and O–H groups in total. The van der Waals surface area contributed by atoms with Crippen LogP contribution in [0, 0.1) is 6.92 Å². The summed E-state index contributed by atoms with van der Waals surface area (Å²) in [4.78, 5) is 4.37. The molecule has 1 saturated heterocycles. The highest BCUT2D eigenvalue weighted by Crippen LogP contribution is 2.38. The Morgan fingerprint density at radius 2 is 2.10 bits per heavy atom. The molecule has 1 atom stereocenters. The van der Waals surface area contributed by atoms with E-state index < -0.39 is 0 Å². The number of hydrogen-bond donors (Lipinski definition) is 1. The summed E-state index contributed by atoms with van der Waals surface area (Å²) in [6.07, 6.45) is 6.83. The van der Waals surface area contributed by atoms with Gasteiger partial charge in [-0.2, -0.15) is 0 Å². The summed E-state index contributed by atoms with van der Waals surface area (Å²) in [6, 6.07) is 2.39. The van der Waals surface area contributed by atoms with Gasteiger partial charge in [-0.15, -0.1) is 0 Å². The predicted octanol–water partition coefficient (Wildman–Crippen LogP) is 3.02. The maximum atomic E-state index is 6.25. The minimum atomic E-state index is -0.183. The Balaban J connectivity index is 2.31. The largest absolute Gasteiger partial charge is 0.381 e. The maximum absolute atomic E-state index is 6.25.